The van der Waals surface area contributed by atoms with Crippen LogP contribution in [0.2, 0.25) is 5.02 Å². The number of ether oxygens (including phenoxy) is 2. The Morgan fingerprint density at radius 2 is 2.04 bits per heavy atom. The Kier molecular flexibility index (Phi) is 5.61. The summed E-state index contributed by atoms with van der Waals surface area (Å²) in [5.74, 6) is -0.904. The molecule has 3 rings (SSSR count). The molecule has 0 saturated heterocycles. The van der Waals surface area contributed by atoms with Gasteiger partial charge in [0.2, 0.25) is 5.91 Å². The first kappa shape index (κ1) is 18.7. The van der Waals surface area contributed by atoms with E-state index in [4.69, 9.17) is 21.1 Å². The summed E-state index contributed by atoms with van der Waals surface area (Å²) in [4.78, 5) is 38.1. The molecule has 1 N–H and O–H groups in total. The SMILES string of the molecule is CCOC(=O)c1ccccc1NC(=O)CN1C(=O)COc2cc(Cl)ccc21. The van der Waals surface area contributed by atoms with E-state index in [1.807, 2.05) is 0 Å². The fourth-order valence-electron chi connectivity index (χ4n) is 2.66. The first-order chi connectivity index (χ1) is 13.0. The van der Waals surface area contributed by atoms with Crippen molar-refractivity contribution in [1.29, 1.82) is 0 Å². The largest absolute Gasteiger partial charge is 0.482 e. The topological polar surface area (TPSA) is 84.9 Å². The molecule has 0 radical (unpaired) electrons. The number of carbonyl (C=O) groups excluding carboxylic acids is 3. The fourth-order valence-corrected chi connectivity index (χ4v) is 2.83. The standard InChI is InChI=1S/C19H17ClN2O5/c1-2-26-19(25)13-5-3-4-6-14(13)21-17(23)10-22-15-8-7-12(20)9-16(15)27-11-18(22)24/h3-9H,2,10-11H2,1H3,(H,21,23). The van der Waals surface area contributed by atoms with E-state index in [1.165, 1.54) is 4.90 Å². The molecule has 2 amide bonds. The summed E-state index contributed by atoms with van der Waals surface area (Å²) in [5, 5.41) is 3.13. The van der Waals surface area contributed by atoms with Crippen molar-refractivity contribution in [2.75, 3.05) is 30.0 Å². The molecule has 2 aromatic carbocycles. The fraction of sp³-hybridized carbons (Fsp3) is 0.211. The molecular weight excluding hydrogens is 372 g/mol. The van der Waals surface area contributed by atoms with Gasteiger partial charge in [-0.25, -0.2) is 4.79 Å². The van der Waals surface area contributed by atoms with Crippen molar-refractivity contribution in [3.63, 3.8) is 0 Å². The van der Waals surface area contributed by atoms with Gasteiger partial charge in [-0.3, -0.25) is 14.5 Å². The first-order valence-electron chi connectivity index (χ1n) is 8.28. The van der Waals surface area contributed by atoms with Gasteiger partial charge in [0.05, 0.1) is 23.5 Å². The maximum atomic E-state index is 12.5. The lowest BCUT2D eigenvalue weighted by atomic mass is 10.1. The minimum absolute atomic E-state index is 0.181. The van der Waals surface area contributed by atoms with Crippen molar-refractivity contribution in [2.24, 2.45) is 0 Å². The number of benzene rings is 2. The van der Waals surface area contributed by atoms with Gasteiger partial charge in [0.1, 0.15) is 12.3 Å². The Labute approximate surface area is 160 Å². The van der Waals surface area contributed by atoms with Crippen molar-refractivity contribution < 1.29 is 23.9 Å². The molecule has 1 aliphatic rings. The highest BCUT2D eigenvalue weighted by molar-refractivity contribution is 6.31. The summed E-state index contributed by atoms with van der Waals surface area (Å²) in [7, 11) is 0. The van der Waals surface area contributed by atoms with Crippen LogP contribution in [0.15, 0.2) is 42.5 Å². The number of nitrogens with zero attached hydrogens (tertiary/aromatic N) is 1. The summed E-state index contributed by atoms with van der Waals surface area (Å²) in [5.41, 5.74) is 1.02. The number of halogens is 1. The number of hydrogen-bond donors (Lipinski definition) is 1. The van der Waals surface area contributed by atoms with Crippen LogP contribution >= 0.6 is 11.6 Å². The van der Waals surface area contributed by atoms with Crippen LogP contribution in [0.25, 0.3) is 0 Å². The molecular formula is C19H17ClN2O5. The van der Waals surface area contributed by atoms with Gasteiger partial charge < -0.3 is 14.8 Å². The predicted octanol–water partition coefficient (Wildman–Crippen LogP) is 2.88. The Balaban J connectivity index is 1.78. The number of fused-ring (bicyclic) bond motifs is 1. The Bertz CT molecular complexity index is 899. The van der Waals surface area contributed by atoms with Gasteiger partial charge in [-0.1, -0.05) is 23.7 Å². The maximum Gasteiger partial charge on any atom is 0.340 e. The molecule has 7 nitrogen and oxygen atoms in total. The quantitative estimate of drug-likeness (QED) is 0.796. The average molecular weight is 389 g/mol. The van der Waals surface area contributed by atoms with E-state index in [-0.39, 0.29) is 31.2 Å². The van der Waals surface area contributed by atoms with Crippen LogP contribution in [0, 0.1) is 0 Å². The zero-order valence-corrected chi connectivity index (χ0v) is 15.3. The maximum absolute atomic E-state index is 12.5. The molecule has 0 atom stereocenters. The van der Waals surface area contributed by atoms with E-state index in [0.29, 0.717) is 22.1 Å². The lowest BCUT2D eigenvalue weighted by Gasteiger charge is -2.29. The van der Waals surface area contributed by atoms with Gasteiger partial charge in [-0.2, -0.15) is 0 Å². The van der Waals surface area contributed by atoms with E-state index < -0.39 is 11.9 Å². The van der Waals surface area contributed by atoms with E-state index in [0.717, 1.165) is 0 Å². The van der Waals surface area contributed by atoms with Crippen LogP contribution < -0.4 is 15.0 Å². The molecule has 0 bridgehead atoms. The summed E-state index contributed by atoms with van der Waals surface area (Å²) in [6, 6.07) is 11.3. The van der Waals surface area contributed by atoms with Gasteiger partial charge in [0, 0.05) is 11.1 Å². The second kappa shape index (κ2) is 8.09. The van der Waals surface area contributed by atoms with Gasteiger partial charge in [-0.05, 0) is 31.2 Å². The van der Waals surface area contributed by atoms with Gasteiger partial charge in [-0.15, -0.1) is 0 Å². The van der Waals surface area contributed by atoms with Crippen molar-refractivity contribution in [2.45, 2.75) is 6.92 Å². The van der Waals surface area contributed by atoms with Crippen LogP contribution in [0.5, 0.6) is 5.75 Å². The van der Waals surface area contributed by atoms with E-state index in [9.17, 15) is 14.4 Å². The molecule has 1 heterocycles. The van der Waals surface area contributed by atoms with Crippen LogP contribution in [0.3, 0.4) is 0 Å². The number of esters is 1. The Hall–Kier alpha value is -3.06. The molecule has 0 saturated carbocycles. The lowest BCUT2D eigenvalue weighted by molar-refractivity contribution is -0.123. The highest BCUT2D eigenvalue weighted by atomic mass is 35.5. The van der Waals surface area contributed by atoms with Gasteiger partial charge >= 0.3 is 5.97 Å². The molecule has 0 fully saturated rings. The zero-order valence-electron chi connectivity index (χ0n) is 14.5. The lowest BCUT2D eigenvalue weighted by Crippen LogP contribution is -2.43. The molecule has 0 spiro atoms. The third-order valence-electron chi connectivity index (χ3n) is 3.86. The molecule has 140 valence electrons. The molecule has 27 heavy (non-hydrogen) atoms. The van der Waals surface area contributed by atoms with Crippen LogP contribution in [-0.2, 0) is 14.3 Å². The van der Waals surface area contributed by atoms with Crippen molar-refractivity contribution >= 4 is 40.8 Å². The van der Waals surface area contributed by atoms with Crippen molar-refractivity contribution in [3.8, 4) is 5.75 Å². The molecule has 0 aromatic heterocycles. The third-order valence-corrected chi connectivity index (χ3v) is 4.10. The normalized spacial score (nSPS) is 12.8. The van der Waals surface area contributed by atoms with Crippen LogP contribution in [0.1, 0.15) is 17.3 Å². The van der Waals surface area contributed by atoms with Gasteiger partial charge in [0.15, 0.2) is 6.61 Å². The summed E-state index contributed by atoms with van der Waals surface area (Å²) in [6.07, 6.45) is 0. The number of carbonyl (C=O) groups is 3. The highest BCUT2D eigenvalue weighted by Gasteiger charge is 2.28. The second-order valence-electron chi connectivity index (χ2n) is 5.69. The Morgan fingerprint density at radius 1 is 1.26 bits per heavy atom. The average Bonchev–Trinajstić information content (AvgIpc) is 2.64. The second-order valence-corrected chi connectivity index (χ2v) is 6.13. The van der Waals surface area contributed by atoms with E-state index in [1.54, 1.807) is 49.4 Å². The molecule has 0 unspecified atom stereocenters. The summed E-state index contributed by atoms with van der Waals surface area (Å²) >= 11 is 5.94. The number of anilines is 2. The smallest absolute Gasteiger partial charge is 0.340 e. The number of nitrogens with one attached hydrogen (secondary N) is 1. The van der Waals surface area contributed by atoms with E-state index in [2.05, 4.69) is 5.32 Å². The summed E-state index contributed by atoms with van der Waals surface area (Å²) < 4.78 is 10.3. The number of para-hydroxylation sites is 1. The summed E-state index contributed by atoms with van der Waals surface area (Å²) in [6.45, 7) is 1.52. The number of hydrogen-bond acceptors (Lipinski definition) is 5. The molecule has 8 heteroatoms. The van der Waals surface area contributed by atoms with Crippen LogP contribution in [0.4, 0.5) is 11.4 Å². The number of amides is 2. The molecule has 2 aromatic rings. The minimum atomic E-state index is -0.532. The number of rotatable bonds is 5. The van der Waals surface area contributed by atoms with Crippen molar-refractivity contribution in [3.05, 3.63) is 53.1 Å². The molecule has 0 aliphatic carbocycles. The van der Waals surface area contributed by atoms with Crippen molar-refractivity contribution in [1.82, 2.24) is 0 Å². The minimum Gasteiger partial charge on any atom is -0.482 e. The molecule has 1 aliphatic heterocycles. The first-order valence-corrected chi connectivity index (χ1v) is 8.66. The highest BCUT2D eigenvalue weighted by Crippen LogP contribution is 2.34. The third kappa shape index (κ3) is 4.20. The monoisotopic (exact) mass is 388 g/mol. The predicted molar refractivity (Wildman–Crippen MR) is 100 cm³/mol. The van der Waals surface area contributed by atoms with E-state index >= 15 is 0 Å². The zero-order chi connectivity index (χ0) is 19.4. The van der Waals surface area contributed by atoms with Gasteiger partial charge in [0.25, 0.3) is 5.91 Å². The Morgan fingerprint density at radius 3 is 2.81 bits per heavy atom. The van der Waals surface area contributed by atoms with Crippen LogP contribution in [-0.4, -0.2) is 37.5 Å².